The third kappa shape index (κ3) is 4.51. The number of hydrogen-bond donors (Lipinski definition) is 2. The smallest absolute Gasteiger partial charge is 0.270 e. The Morgan fingerprint density at radius 3 is 2.58 bits per heavy atom. The number of benzene rings is 2. The lowest BCUT2D eigenvalue weighted by Gasteiger charge is -2.05. The van der Waals surface area contributed by atoms with E-state index in [2.05, 4.69) is 10.6 Å². The molecule has 0 saturated heterocycles. The fraction of sp³-hybridized carbons (Fsp3) is 0.0588. The molecule has 0 aliphatic rings. The largest absolute Gasteiger partial charge is 0.355 e. The van der Waals surface area contributed by atoms with Crippen molar-refractivity contribution < 1.29 is 14.5 Å². The van der Waals surface area contributed by atoms with Crippen LogP contribution in [0.4, 0.5) is 11.4 Å². The summed E-state index contributed by atoms with van der Waals surface area (Å²) in [6, 6.07) is 12.4. The Morgan fingerprint density at radius 2 is 1.88 bits per heavy atom. The fourth-order valence-electron chi connectivity index (χ4n) is 1.98. The van der Waals surface area contributed by atoms with Crippen LogP contribution in [0.3, 0.4) is 0 Å². The number of amides is 2. The summed E-state index contributed by atoms with van der Waals surface area (Å²) >= 11 is 0. The maximum atomic E-state index is 11.9. The minimum atomic E-state index is -0.498. The Kier molecular flexibility index (Phi) is 5.40. The maximum absolute atomic E-state index is 11.9. The molecule has 0 heterocycles. The lowest BCUT2D eigenvalue weighted by Crippen LogP contribution is -2.18. The van der Waals surface area contributed by atoms with Gasteiger partial charge < -0.3 is 10.6 Å². The van der Waals surface area contributed by atoms with Crippen LogP contribution in [-0.4, -0.2) is 23.8 Å². The van der Waals surface area contributed by atoms with E-state index in [1.54, 1.807) is 36.4 Å². The molecule has 0 aromatic heterocycles. The topological polar surface area (TPSA) is 101 Å². The van der Waals surface area contributed by atoms with Crippen LogP contribution in [0.1, 0.15) is 15.9 Å². The lowest BCUT2D eigenvalue weighted by molar-refractivity contribution is -0.384. The molecule has 2 rings (SSSR count). The highest BCUT2D eigenvalue weighted by Crippen LogP contribution is 2.15. The second-order valence-corrected chi connectivity index (χ2v) is 4.83. The molecule has 2 aromatic rings. The SMILES string of the molecule is CNC(=O)c1cccc(NC(=O)/C=C/c2cccc([N+](=O)[O-])c2)c1. The first kappa shape index (κ1) is 16.9. The molecule has 7 heteroatoms. The highest BCUT2D eigenvalue weighted by molar-refractivity contribution is 6.03. The zero-order valence-electron chi connectivity index (χ0n) is 12.9. The number of nitro benzene ring substituents is 1. The molecular formula is C17H15N3O4. The Balaban J connectivity index is 2.07. The number of carbonyl (C=O) groups is 2. The van der Waals surface area contributed by atoms with Gasteiger partial charge in [0.25, 0.3) is 11.6 Å². The van der Waals surface area contributed by atoms with Gasteiger partial charge in [-0.15, -0.1) is 0 Å². The lowest BCUT2D eigenvalue weighted by atomic mass is 10.1. The van der Waals surface area contributed by atoms with Gasteiger partial charge in [-0.3, -0.25) is 19.7 Å². The van der Waals surface area contributed by atoms with Crippen LogP contribution in [0, 0.1) is 10.1 Å². The van der Waals surface area contributed by atoms with Crippen LogP contribution < -0.4 is 10.6 Å². The summed E-state index contributed by atoms with van der Waals surface area (Å²) in [7, 11) is 1.52. The fourth-order valence-corrected chi connectivity index (χ4v) is 1.98. The van der Waals surface area contributed by atoms with Crippen molar-refractivity contribution in [3.8, 4) is 0 Å². The van der Waals surface area contributed by atoms with Gasteiger partial charge in [0, 0.05) is 36.5 Å². The number of carbonyl (C=O) groups excluding carboxylic acids is 2. The average molecular weight is 325 g/mol. The Hall–Kier alpha value is -3.48. The van der Waals surface area contributed by atoms with E-state index in [0.717, 1.165) is 0 Å². The average Bonchev–Trinajstić information content (AvgIpc) is 2.59. The number of nitro groups is 1. The van der Waals surface area contributed by atoms with Crippen LogP contribution in [-0.2, 0) is 4.79 Å². The second-order valence-electron chi connectivity index (χ2n) is 4.83. The number of non-ortho nitro benzene ring substituents is 1. The molecule has 7 nitrogen and oxygen atoms in total. The van der Waals surface area contributed by atoms with Gasteiger partial charge in [-0.25, -0.2) is 0 Å². The number of nitrogens with one attached hydrogen (secondary N) is 2. The summed E-state index contributed by atoms with van der Waals surface area (Å²) in [5.74, 6) is -0.659. The van der Waals surface area contributed by atoms with E-state index in [0.29, 0.717) is 16.8 Å². The third-order valence-corrected chi connectivity index (χ3v) is 3.13. The van der Waals surface area contributed by atoms with E-state index in [-0.39, 0.29) is 11.6 Å². The summed E-state index contributed by atoms with van der Waals surface area (Å²) < 4.78 is 0. The summed E-state index contributed by atoms with van der Waals surface area (Å²) in [6.45, 7) is 0. The van der Waals surface area contributed by atoms with Gasteiger partial charge in [0.05, 0.1) is 4.92 Å². The zero-order chi connectivity index (χ0) is 17.5. The molecule has 0 radical (unpaired) electrons. The molecule has 0 unspecified atom stereocenters. The molecule has 24 heavy (non-hydrogen) atoms. The molecular weight excluding hydrogens is 310 g/mol. The van der Waals surface area contributed by atoms with Crippen molar-refractivity contribution in [2.75, 3.05) is 12.4 Å². The first-order valence-corrected chi connectivity index (χ1v) is 7.05. The number of anilines is 1. The van der Waals surface area contributed by atoms with Crippen molar-refractivity contribution in [1.82, 2.24) is 5.32 Å². The van der Waals surface area contributed by atoms with E-state index in [9.17, 15) is 19.7 Å². The third-order valence-electron chi connectivity index (χ3n) is 3.13. The van der Waals surface area contributed by atoms with Gasteiger partial charge in [0.15, 0.2) is 0 Å². The van der Waals surface area contributed by atoms with Crippen LogP contribution in [0.5, 0.6) is 0 Å². The van der Waals surface area contributed by atoms with Crippen LogP contribution in [0.25, 0.3) is 6.08 Å². The summed E-state index contributed by atoms with van der Waals surface area (Å²) in [5, 5.41) is 15.8. The van der Waals surface area contributed by atoms with E-state index >= 15 is 0 Å². The Morgan fingerprint density at radius 1 is 1.12 bits per heavy atom. The number of nitrogens with zero attached hydrogens (tertiary/aromatic N) is 1. The Bertz CT molecular complexity index is 815. The summed E-state index contributed by atoms with van der Waals surface area (Å²) in [5.41, 5.74) is 1.40. The van der Waals surface area contributed by atoms with E-state index < -0.39 is 10.8 Å². The normalized spacial score (nSPS) is 10.4. The van der Waals surface area contributed by atoms with Crippen LogP contribution in [0.2, 0.25) is 0 Å². The molecule has 2 N–H and O–H groups in total. The first-order chi connectivity index (χ1) is 11.5. The minimum absolute atomic E-state index is 0.0455. The van der Waals surface area contributed by atoms with Gasteiger partial charge in [-0.1, -0.05) is 18.2 Å². The molecule has 2 aromatic carbocycles. The van der Waals surface area contributed by atoms with Crippen molar-refractivity contribution in [3.05, 3.63) is 75.8 Å². The zero-order valence-corrected chi connectivity index (χ0v) is 12.9. The number of rotatable bonds is 5. The minimum Gasteiger partial charge on any atom is -0.355 e. The van der Waals surface area contributed by atoms with Gasteiger partial charge in [0.1, 0.15) is 0 Å². The van der Waals surface area contributed by atoms with Crippen LogP contribution in [0.15, 0.2) is 54.6 Å². The molecule has 0 aliphatic heterocycles. The van der Waals surface area contributed by atoms with Gasteiger partial charge in [-0.05, 0) is 29.8 Å². The van der Waals surface area contributed by atoms with Crippen LogP contribution >= 0.6 is 0 Å². The first-order valence-electron chi connectivity index (χ1n) is 7.05. The molecule has 0 saturated carbocycles. The summed E-state index contributed by atoms with van der Waals surface area (Å²) in [6.07, 6.45) is 2.75. The predicted octanol–water partition coefficient (Wildman–Crippen LogP) is 2.61. The van der Waals surface area contributed by atoms with E-state index in [1.807, 2.05) is 0 Å². The molecule has 122 valence electrons. The van der Waals surface area contributed by atoms with Gasteiger partial charge in [0.2, 0.25) is 5.91 Å². The molecule has 0 aliphatic carbocycles. The molecule has 2 amide bonds. The van der Waals surface area contributed by atoms with Crippen molar-refractivity contribution in [1.29, 1.82) is 0 Å². The summed E-state index contributed by atoms with van der Waals surface area (Å²) in [4.78, 5) is 33.7. The quantitative estimate of drug-likeness (QED) is 0.501. The van der Waals surface area contributed by atoms with Crippen molar-refractivity contribution >= 4 is 29.3 Å². The van der Waals surface area contributed by atoms with Crippen molar-refractivity contribution in [3.63, 3.8) is 0 Å². The van der Waals surface area contributed by atoms with E-state index in [4.69, 9.17) is 0 Å². The maximum Gasteiger partial charge on any atom is 0.270 e. The van der Waals surface area contributed by atoms with Gasteiger partial charge in [-0.2, -0.15) is 0 Å². The van der Waals surface area contributed by atoms with Crippen molar-refractivity contribution in [2.24, 2.45) is 0 Å². The second kappa shape index (κ2) is 7.68. The monoisotopic (exact) mass is 325 g/mol. The molecule has 0 fully saturated rings. The highest BCUT2D eigenvalue weighted by atomic mass is 16.6. The van der Waals surface area contributed by atoms with Crippen molar-refractivity contribution in [2.45, 2.75) is 0 Å². The molecule has 0 bridgehead atoms. The molecule has 0 spiro atoms. The van der Waals surface area contributed by atoms with Gasteiger partial charge >= 0.3 is 0 Å². The van der Waals surface area contributed by atoms with E-state index in [1.165, 1.54) is 31.3 Å². The highest BCUT2D eigenvalue weighted by Gasteiger charge is 2.06. The Labute approximate surface area is 138 Å². The predicted molar refractivity (Wildman–Crippen MR) is 90.6 cm³/mol. The standard InChI is InChI=1S/C17H15N3O4/c1-18-17(22)13-5-3-6-14(11-13)19-16(21)9-8-12-4-2-7-15(10-12)20(23)24/h2-11H,1H3,(H,18,22)(H,19,21)/b9-8+. The number of hydrogen-bond acceptors (Lipinski definition) is 4. The molecule has 0 atom stereocenters.